The molecule has 2 aliphatic rings. The van der Waals surface area contributed by atoms with E-state index in [0.717, 1.165) is 33.4 Å². The van der Waals surface area contributed by atoms with Gasteiger partial charge in [0, 0.05) is 100 Å². The molecule has 6 aromatic rings. The predicted molar refractivity (Wildman–Crippen MR) is 226 cm³/mol. The van der Waals surface area contributed by atoms with Gasteiger partial charge in [0.25, 0.3) is 0 Å². The maximum absolute atomic E-state index is 14.0. The van der Waals surface area contributed by atoms with Crippen LogP contribution >= 0.6 is 0 Å². The Bertz CT molecular complexity index is 3360. The molecule has 0 spiro atoms. The number of imidazole rings is 2. The number of fused-ring (bicyclic) bond motifs is 2. The SMILES string of the molecule is C.[2H]C([2H])([2H])N1C(=O)[C@@H](C([2H])([2H])C([2H])([2H])[2H])N(C([2H])(C([2H])([2H])[2H])C([2H])([2H])[2H])c2nc(-n3ccnc3-c3cccc(F)c3)ncc21.[2H]C([2H])([2H])N1C(=O)[C@H](C([2H])([2H])C([2H])([2H])[2H])N(C([2H])(C([2H])([2H])[2H])C([2H])([2H])[2H])c2nc(-n3ccnc3-c3cccc(F)c3)ncc21. The Morgan fingerprint density at radius 2 is 1.14 bits per heavy atom. The van der Waals surface area contributed by atoms with Gasteiger partial charge < -0.3 is 19.6 Å². The molecule has 4 aromatic heterocycles. The number of carbonyl (C=O) groups excluding carboxylic acids is 2. The van der Waals surface area contributed by atoms with Crippen molar-refractivity contribution in [3.63, 3.8) is 0 Å². The van der Waals surface area contributed by atoms with Crippen LogP contribution in [0.25, 0.3) is 34.7 Å². The Morgan fingerprint density at radius 1 is 0.695 bits per heavy atom. The lowest BCUT2D eigenvalue weighted by Gasteiger charge is -2.42. The fourth-order valence-electron chi connectivity index (χ4n) is 5.90. The van der Waals surface area contributed by atoms with Crippen LogP contribution in [0.1, 0.15) is 102 Å². The summed E-state index contributed by atoms with van der Waals surface area (Å²) in [6, 6.07) is -3.87. The van der Waals surface area contributed by atoms with E-state index in [9.17, 15) is 18.4 Å². The number of hydrogen-bond donors (Lipinski definition) is 0. The van der Waals surface area contributed by atoms with Crippen LogP contribution in [-0.4, -0.2) is 88.9 Å². The van der Waals surface area contributed by atoms with Crippen molar-refractivity contribution in [3.05, 3.63) is 97.3 Å². The second-order valence-electron chi connectivity index (χ2n) is 11.9. The van der Waals surface area contributed by atoms with Gasteiger partial charge in [0.2, 0.25) is 23.7 Å². The highest BCUT2D eigenvalue weighted by atomic mass is 19.1. The molecule has 59 heavy (non-hydrogen) atoms. The van der Waals surface area contributed by atoms with Crippen molar-refractivity contribution in [2.75, 3.05) is 33.6 Å². The third-order valence-corrected chi connectivity index (χ3v) is 8.47. The molecule has 0 saturated carbocycles. The van der Waals surface area contributed by atoms with Gasteiger partial charge in [0.1, 0.15) is 46.7 Å². The molecule has 0 radical (unpaired) electrons. The smallest absolute Gasteiger partial charge is 0.249 e. The highest BCUT2D eigenvalue weighted by Crippen LogP contribution is 2.38. The number of likely N-dealkylation sites (N-methyl/N-ethyl adjacent to an activating group) is 2. The summed E-state index contributed by atoms with van der Waals surface area (Å²) in [5, 5.41) is 0. The summed E-state index contributed by atoms with van der Waals surface area (Å²) >= 11 is 0. The standard InChI is InChI=1S/2C21H23FN6O.CH4/c2*1-5-16-20(29)26(4)17-12-24-21(25-19(17)28(16)13(2)3)27-10-9-23-18(27)14-7-6-8-15(22)11-14;/h2*6-13,16H,5H2,1-4H3;1H4/t2*16-;/m10./s1/i2*1D3,2D3,3D3,4D3,5D2,13D;. The van der Waals surface area contributed by atoms with Crippen molar-refractivity contribution in [2.24, 2.45) is 0 Å². The minimum absolute atomic E-state index is 0. The van der Waals surface area contributed by atoms with Gasteiger partial charge in [-0.05, 0) is 64.4 Å². The number of halogens is 2. The van der Waals surface area contributed by atoms with E-state index in [2.05, 4.69) is 29.9 Å². The van der Waals surface area contributed by atoms with E-state index >= 15 is 0 Å². The first-order chi connectivity index (χ1) is 39.7. The molecule has 2 aliphatic heterocycles. The molecule has 0 N–H and O–H groups in total. The Hall–Kier alpha value is -6.58. The van der Waals surface area contributed by atoms with Gasteiger partial charge in [0.15, 0.2) is 11.6 Å². The monoisotopic (exact) mass is 835 g/mol. The van der Waals surface area contributed by atoms with Crippen LogP contribution in [0, 0.1) is 11.6 Å². The number of hydrogen-bond acceptors (Lipinski definition) is 10. The largest absolute Gasteiger partial charge is 0.340 e. The van der Waals surface area contributed by atoms with Crippen LogP contribution in [0.3, 0.4) is 0 Å². The summed E-state index contributed by atoms with van der Waals surface area (Å²) in [6.07, 6.45) is -1.33. The lowest BCUT2D eigenvalue weighted by molar-refractivity contribution is -0.120. The molecule has 0 saturated heterocycles. The molecule has 6 heterocycles. The predicted octanol–water partition coefficient (Wildman–Crippen LogP) is 7.51. The summed E-state index contributed by atoms with van der Waals surface area (Å²) in [5.74, 6) is -8.13. The third-order valence-electron chi connectivity index (χ3n) is 8.47. The molecule has 308 valence electrons. The fourth-order valence-corrected chi connectivity index (χ4v) is 5.90. The first kappa shape index (κ1) is 18.1. The molecule has 14 nitrogen and oxygen atoms in total. The van der Waals surface area contributed by atoms with Gasteiger partial charge in [-0.25, -0.2) is 28.7 Å². The molecule has 0 bridgehead atoms. The molecule has 2 amide bonds. The third kappa shape index (κ3) is 7.74. The van der Waals surface area contributed by atoms with Crippen molar-refractivity contribution in [3.8, 4) is 34.7 Å². The first-order valence-corrected chi connectivity index (χ1v) is 16.3. The highest BCUT2D eigenvalue weighted by Gasteiger charge is 2.40. The summed E-state index contributed by atoms with van der Waals surface area (Å²) in [4.78, 5) is 51.8. The van der Waals surface area contributed by atoms with Gasteiger partial charge in [-0.1, -0.05) is 45.4 Å². The first-order valence-electron chi connectivity index (χ1n) is 31.3. The van der Waals surface area contributed by atoms with E-state index in [1.165, 1.54) is 49.1 Å². The number of carbonyl (C=O) groups is 2. The van der Waals surface area contributed by atoms with Gasteiger partial charge in [0.05, 0.1) is 15.1 Å². The number of benzene rings is 2. The Morgan fingerprint density at radius 3 is 1.51 bits per heavy atom. The van der Waals surface area contributed by atoms with E-state index in [1.54, 1.807) is 0 Å². The summed E-state index contributed by atoms with van der Waals surface area (Å²) in [5.41, 5.74) is -1.34. The van der Waals surface area contributed by atoms with Crippen molar-refractivity contribution in [2.45, 2.75) is 85.4 Å². The van der Waals surface area contributed by atoms with Crippen LogP contribution in [0.4, 0.5) is 31.8 Å². The lowest BCUT2D eigenvalue weighted by atomic mass is 10.1. The van der Waals surface area contributed by atoms with Crippen LogP contribution in [0.5, 0.6) is 0 Å². The average Bonchev–Trinajstić information content (AvgIpc) is 1.49. The molecule has 8 rings (SSSR count). The maximum Gasteiger partial charge on any atom is 0.249 e. The Labute approximate surface area is 385 Å². The van der Waals surface area contributed by atoms with Crippen molar-refractivity contribution < 1.29 is 59.5 Å². The zero-order chi connectivity index (χ0) is 66.8. The Balaban J connectivity index is 0.000000281. The molecule has 2 atom stereocenters. The van der Waals surface area contributed by atoms with E-state index in [0.29, 0.717) is 12.4 Å². The minimum atomic E-state index is -3.97. The van der Waals surface area contributed by atoms with Gasteiger partial charge in [-0.15, -0.1) is 0 Å². The van der Waals surface area contributed by atoms with Gasteiger partial charge in [-0.3, -0.25) is 18.7 Å². The van der Waals surface area contributed by atoms with Crippen LogP contribution in [0.15, 0.2) is 85.7 Å². The fraction of sp³-hybridized carbons (Fsp3) is 0.349. The van der Waals surface area contributed by atoms with E-state index in [4.69, 9.17) is 41.1 Å². The summed E-state index contributed by atoms with van der Waals surface area (Å²) < 4.78 is 272. The zero-order valence-corrected chi connectivity index (χ0v) is 29.2. The highest BCUT2D eigenvalue weighted by molar-refractivity contribution is 6.05. The average molecular weight is 835 g/mol. The van der Waals surface area contributed by atoms with Crippen molar-refractivity contribution >= 4 is 34.8 Å². The van der Waals surface area contributed by atoms with E-state index in [-0.39, 0.29) is 49.8 Å². The Kier molecular flexibility index (Phi) is 5.26. The molecule has 2 aromatic carbocycles. The number of amides is 2. The van der Waals surface area contributed by atoms with E-state index < -0.39 is 150 Å². The van der Waals surface area contributed by atoms with Gasteiger partial charge >= 0.3 is 0 Å². The topological polar surface area (TPSA) is 134 Å². The molecular weight excluding hydrogens is 755 g/mol. The van der Waals surface area contributed by atoms with Crippen LogP contribution in [-0.2, 0) is 9.59 Å². The molecule has 0 aliphatic carbocycles. The quantitative estimate of drug-likeness (QED) is 0.152. The summed E-state index contributed by atoms with van der Waals surface area (Å²) in [6.45, 7) is -30.1. The maximum atomic E-state index is 14.0. The van der Waals surface area contributed by atoms with Crippen LogP contribution < -0.4 is 19.6 Å². The van der Waals surface area contributed by atoms with Crippen molar-refractivity contribution in [1.82, 2.24) is 39.0 Å². The number of nitrogens with zero attached hydrogens (tertiary/aromatic N) is 12. The second-order valence-corrected chi connectivity index (χ2v) is 11.9. The van der Waals surface area contributed by atoms with E-state index in [1.807, 2.05) is 0 Å². The lowest BCUT2D eigenvalue weighted by Crippen LogP contribution is -2.55. The normalized spacial score (nSPS) is 26.3. The van der Waals surface area contributed by atoms with Crippen LogP contribution in [0.2, 0.25) is 0 Å². The molecular formula is C43H50F2N12O2. The molecule has 0 fully saturated rings. The number of anilines is 4. The number of aromatic nitrogens is 8. The molecule has 0 unspecified atom stereocenters. The zero-order valence-electron chi connectivity index (χ0n) is 59.2. The van der Waals surface area contributed by atoms with Gasteiger partial charge in [-0.2, -0.15) is 9.97 Å². The number of rotatable bonds is 8. The second kappa shape index (κ2) is 17.1. The van der Waals surface area contributed by atoms with Crippen molar-refractivity contribution in [1.29, 1.82) is 0 Å². The molecule has 16 heteroatoms. The summed E-state index contributed by atoms with van der Waals surface area (Å²) in [7, 11) is 0. The minimum Gasteiger partial charge on any atom is -0.340 e.